The first-order chi connectivity index (χ1) is 4.70. The van der Waals surface area contributed by atoms with Crippen LogP contribution in [0.15, 0.2) is 28.6 Å². The van der Waals surface area contributed by atoms with Crippen LogP contribution in [0.3, 0.4) is 0 Å². The first kappa shape index (κ1) is 7.06. The fourth-order valence-corrected chi connectivity index (χ4v) is 0.856. The van der Waals surface area contributed by atoms with Gasteiger partial charge >= 0.3 is 0 Å². The van der Waals surface area contributed by atoms with Crippen LogP contribution in [0.5, 0.6) is 0 Å². The molecule has 10 heavy (non-hydrogen) atoms. The maximum absolute atomic E-state index is 9.17. The van der Waals surface area contributed by atoms with Gasteiger partial charge in [0.1, 0.15) is 5.76 Å². The molecule has 0 aromatic carbocycles. The molecular weight excluding hydrogens is 126 g/mol. The summed E-state index contributed by atoms with van der Waals surface area (Å²) in [6.07, 6.45) is 4.51. The van der Waals surface area contributed by atoms with E-state index >= 15 is 0 Å². The highest BCUT2D eigenvalue weighted by molar-refractivity contribution is 5.96. The van der Waals surface area contributed by atoms with Gasteiger partial charge in [0.15, 0.2) is 0 Å². The lowest BCUT2D eigenvalue weighted by molar-refractivity contribution is 0.441. The van der Waals surface area contributed by atoms with E-state index in [1.807, 2.05) is 13.0 Å². The minimum absolute atomic E-state index is 0.299. The number of hydrogen-bond donors (Lipinski definition) is 1. The minimum Gasteiger partial charge on any atom is -0.506 e. The van der Waals surface area contributed by atoms with Crippen LogP contribution in [0.25, 0.3) is 0 Å². The van der Waals surface area contributed by atoms with Crippen molar-refractivity contribution in [3.63, 3.8) is 0 Å². The van der Waals surface area contributed by atoms with Crippen molar-refractivity contribution >= 4 is 5.71 Å². The van der Waals surface area contributed by atoms with Gasteiger partial charge in [0, 0.05) is 5.70 Å². The second kappa shape index (κ2) is 2.69. The minimum atomic E-state index is 0.299. The van der Waals surface area contributed by atoms with Gasteiger partial charge < -0.3 is 5.11 Å². The molecule has 0 saturated heterocycles. The number of aliphatic hydroxyl groups is 1. The highest BCUT2D eigenvalue weighted by Crippen LogP contribution is 2.08. The predicted molar refractivity (Wildman–Crippen MR) is 42.2 cm³/mol. The van der Waals surface area contributed by atoms with E-state index in [9.17, 15) is 5.11 Å². The fourth-order valence-electron chi connectivity index (χ4n) is 0.856. The van der Waals surface area contributed by atoms with Crippen LogP contribution in [-0.2, 0) is 0 Å². The highest BCUT2D eigenvalue weighted by Gasteiger charge is 2.00. The molecular formula is C8H11NO. The van der Waals surface area contributed by atoms with E-state index in [1.165, 1.54) is 0 Å². The van der Waals surface area contributed by atoms with Crippen LogP contribution in [-0.4, -0.2) is 10.8 Å². The molecule has 0 saturated carbocycles. The molecule has 0 radical (unpaired) electrons. The third kappa shape index (κ3) is 1.47. The van der Waals surface area contributed by atoms with Gasteiger partial charge in [0.2, 0.25) is 0 Å². The van der Waals surface area contributed by atoms with Crippen molar-refractivity contribution in [2.75, 3.05) is 0 Å². The van der Waals surface area contributed by atoms with Crippen molar-refractivity contribution in [1.29, 1.82) is 0 Å². The Hall–Kier alpha value is -1.05. The number of hydrogen-bond acceptors (Lipinski definition) is 2. The van der Waals surface area contributed by atoms with Crippen molar-refractivity contribution in [2.24, 2.45) is 4.99 Å². The molecule has 0 unspecified atom stereocenters. The average molecular weight is 137 g/mol. The van der Waals surface area contributed by atoms with Crippen LogP contribution in [0.4, 0.5) is 0 Å². The maximum atomic E-state index is 9.17. The standard InChI is InChI=1S/C8H11NO/c1-6-4-3-5-8(10)7(2)9-6/h4-5,10H,3H2,1-2H3. The fraction of sp³-hybridized carbons (Fsp3) is 0.375. The van der Waals surface area contributed by atoms with Crippen molar-refractivity contribution in [2.45, 2.75) is 20.3 Å². The van der Waals surface area contributed by atoms with E-state index in [2.05, 4.69) is 4.99 Å². The van der Waals surface area contributed by atoms with Gasteiger partial charge in [-0.15, -0.1) is 0 Å². The SMILES string of the molecule is CC1=CCC=C(O)C(C)=N1. The van der Waals surface area contributed by atoms with E-state index < -0.39 is 0 Å². The summed E-state index contributed by atoms with van der Waals surface area (Å²) in [4.78, 5) is 4.12. The van der Waals surface area contributed by atoms with Gasteiger partial charge in [-0.1, -0.05) is 6.08 Å². The second-order valence-electron chi connectivity index (χ2n) is 2.37. The summed E-state index contributed by atoms with van der Waals surface area (Å²) in [5.74, 6) is 0.299. The van der Waals surface area contributed by atoms with E-state index in [0.717, 1.165) is 12.1 Å². The molecule has 0 fully saturated rings. The summed E-state index contributed by atoms with van der Waals surface area (Å²) < 4.78 is 0. The Kier molecular flexibility index (Phi) is 1.90. The number of nitrogens with zero attached hydrogens (tertiary/aromatic N) is 1. The molecule has 0 bridgehead atoms. The lowest BCUT2D eigenvalue weighted by Gasteiger charge is -1.94. The largest absolute Gasteiger partial charge is 0.506 e. The van der Waals surface area contributed by atoms with Gasteiger partial charge in [-0.05, 0) is 26.3 Å². The Labute approximate surface area is 60.6 Å². The number of aliphatic imine (C=N–C) groups is 1. The first-order valence-corrected chi connectivity index (χ1v) is 3.31. The summed E-state index contributed by atoms with van der Waals surface area (Å²) >= 11 is 0. The summed E-state index contributed by atoms with van der Waals surface area (Å²) in [6.45, 7) is 3.73. The van der Waals surface area contributed by atoms with Gasteiger partial charge in [0.25, 0.3) is 0 Å². The monoisotopic (exact) mass is 137 g/mol. The van der Waals surface area contributed by atoms with E-state index in [4.69, 9.17) is 0 Å². The van der Waals surface area contributed by atoms with Crippen LogP contribution >= 0.6 is 0 Å². The van der Waals surface area contributed by atoms with Gasteiger partial charge in [-0.3, -0.25) is 4.99 Å². The normalized spacial score (nSPS) is 18.8. The number of allylic oxidation sites excluding steroid dienone is 4. The number of rotatable bonds is 0. The molecule has 0 aliphatic carbocycles. The summed E-state index contributed by atoms with van der Waals surface area (Å²) in [5.41, 5.74) is 1.67. The lowest BCUT2D eigenvalue weighted by Crippen LogP contribution is -1.94. The molecule has 1 aliphatic rings. The predicted octanol–water partition coefficient (Wildman–Crippen LogP) is 2.20. The Morgan fingerprint density at radius 1 is 1.40 bits per heavy atom. The molecule has 0 spiro atoms. The maximum Gasteiger partial charge on any atom is 0.133 e. The van der Waals surface area contributed by atoms with Gasteiger partial charge in [-0.25, -0.2) is 0 Å². The van der Waals surface area contributed by atoms with Gasteiger partial charge in [0.05, 0.1) is 5.71 Å². The van der Waals surface area contributed by atoms with E-state index in [0.29, 0.717) is 11.5 Å². The third-order valence-corrected chi connectivity index (χ3v) is 1.44. The zero-order valence-corrected chi connectivity index (χ0v) is 6.26. The Morgan fingerprint density at radius 2 is 2.10 bits per heavy atom. The molecule has 54 valence electrons. The van der Waals surface area contributed by atoms with Gasteiger partial charge in [-0.2, -0.15) is 0 Å². The average Bonchev–Trinajstić information content (AvgIpc) is 1.96. The lowest BCUT2D eigenvalue weighted by atomic mass is 10.3. The molecule has 1 heterocycles. The zero-order chi connectivity index (χ0) is 7.56. The first-order valence-electron chi connectivity index (χ1n) is 3.31. The topological polar surface area (TPSA) is 32.6 Å². The molecule has 1 aliphatic heterocycles. The zero-order valence-electron chi connectivity index (χ0n) is 6.26. The molecule has 0 aromatic heterocycles. The summed E-state index contributed by atoms with van der Waals surface area (Å²) in [5, 5.41) is 9.17. The molecule has 1 rings (SSSR count). The quantitative estimate of drug-likeness (QED) is 0.545. The number of aliphatic hydroxyl groups excluding tert-OH is 1. The second-order valence-corrected chi connectivity index (χ2v) is 2.37. The molecule has 1 N–H and O–H groups in total. The van der Waals surface area contributed by atoms with Crippen LogP contribution in [0.2, 0.25) is 0 Å². The van der Waals surface area contributed by atoms with E-state index in [-0.39, 0.29) is 0 Å². The molecule has 2 heteroatoms. The Bertz CT molecular complexity index is 223. The molecule has 0 aromatic rings. The van der Waals surface area contributed by atoms with Crippen LogP contribution in [0, 0.1) is 0 Å². The summed E-state index contributed by atoms with van der Waals surface area (Å²) in [6, 6.07) is 0. The van der Waals surface area contributed by atoms with Crippen molar-refractivity contribution in [3.8, 4) is 0 Å². The molecule has 0 atom stereocenters. The van der Waals surface area contributed by atoms with E-state index in [1.54, 1.807) is 13.0 Å². The van der Waals surface area contributed by atoms with Crippen LogP contribution in [0.1, 0.15) is 20.3 Å². The Balaban J connectivity index is 2.92. The smallest absolute Gasteiger partial charge is 0.133 e. The molecule has 2 nitrogen and oxygen atoms in total. The highest BCUT2D eigenvalue weighted by atomic mass is 16.3. The molecule has 0 amide bonds. The van der Waals surface area contributed by atoms with Crippen molar-refractivity contribution in [3.05, 3.63) is 23.6 Å². The summed E-state index contributed by atoms with van der Waals surface area (Å²) in [7, 11) is 0. The van der Waals surface area contributed by atoms with Crippen molar-refractivity contribution in [1.82, 2.24) is 0 Å². The Morgan fingerprint density at radius 3 is 2.80 bits per heavy atom. The van der Waals surface area contributed by atoms with Crippen LogP contribution < -0.4 is 0 Å². The van der Waals surface area contributed by atoms with Crippen molar-refractivity contribution < 1.29 is 5.11 Å². The third-order valence-electron chi connectivity index (χ3n) is 1.44.